The molecule has 2 N–H and O–H groups in total. The number of benzene rings is 2. The number of fused-ring (bicyclic) bond motifs is 1. The first kappa shape index (κ1) is 21.1. The minimum atomic E-state index is -0.259. The van der Waals surface area contributed by atoms with Crippen LogP contribution in [0.3, 0.4) is 0 Å². The SMILES string of the molecule is C=C(/C=C\C=C/C)[C@@H]1[C@@H](N)C(C)(C)CN1c1ccc2c(cnn2-c2ccc(F)cc2)c1. The highest BCUT2D eigenvalue weighted by Crippen LogP contribution is 2.40. The maximum atomic E-state index is 13.3. The van der Waals surface area contributed by atoms with Gasteiger partial charge in [-0.15, -0.1) is 0 Å². The van der Waals surface area contributed by atoms with Crippen LogP contribution in [0.1, 0.15) is 20.8 Å². The van der Waals surface area contributed by atoms with Gasteiger partial charge in [0.05, 0.1) is 23.4 Å². The largest absolute Gasteiger partial charge is 0.362 e. The molecule has 0 unspecified atom stereocenters. The van der Waals surface area contributed by atoms with Gasteiger partial charge in [0, 0.05) is 23.7 Å². The first-order valence-electron chi connectivity index (χ1n) is 10.6. The second-order valence-corrected chi connectivity index (χ2v) is 8.82. The molecule has 31 heavy (non-hydrogen) atoms. The zero-order chi connectivity index (χ0) is 22.2. The maximum Gasteiger partial charge on any atom is 0.123 e. The minimum absolute atomic E-state index is 0.0149. The van der Waals surface area contributed by atoms with Crippen LogP contribution in [-0.2, 0) is 0 Å². The van der Waals surface area contributed by atoms with E-state index < -0.39 is 0 Å². The Hall–Kier alpha value is -3.18. The molecule has 1 aromatic heterocycles. The van der Waals surface area contributed by atoms with Crippen LogP contribution in [0.4, 0.5) is 10.1 Å². The number of allylic oxidation sites excluding steroid dienone is 3. The third kappa shape index (κ3) is 3.93. The number of nitrogens with two attached hydrogens (primary N) is 1. The lowest BCUT2D eigenvalue weighted by Crippen LogP contribution is -2.44. The van der Waals surface area contributed by atoms with Gasteiger partial charge in [-0.2, -0.15) is 5.10 Å². The van der Waals surface area contributed by atoms with Crippen LogP contribution in [0.15, 0.2) is 85.1 Å². The Morgan fingerprint density at radius 1 is 1.16 bits per heavy atom. The van der Waals surface area contributed by atoms with Crippen LogP contribution in [-0.4, -0.2) is 28.4 Å². The van der Waals surface area contributed by atoms with Crippen molar-refractivity contribution in [3.05, 3.63) is 90.9 Å². The van der Waals surface area contributed by atoms with Gasteiger partial charge in [-0.1, -0.05) is 44.7 Å². The molecule has 0 amide bonds. The van der Waals surface area contributed by atoms with Crippen molar-refractivity contribution in [1.82, 2.24) is 9.78 Å². The van der Waals surface area contributed by atoms with E-state index in [1.165, 1.54) is 12.1 Å². The molecule has 1 saturated heterocycles. The summed E-state index contributed by atoms with van der Waals surface area (Å²) in [6.07, 6.45) is 9.89. The topological polar surface area (TPSA) is 47.1 Å². The van der Waals surface area contributed by atoms with Crippen molar-refractivity contribution in [2.24, 2.45) is 11.1 Å². The van der Waals surface area contributed by atoms with E-state index in [-0.39, 0.29) is 23.3 Å². The minimum Gasteiger partial charge on any atom is -0.362 e. The molecular formula is C26H29FN4. The highest BCUT2D eigenvalue weighted by molar-refractivity contribution is 5.84. The molecule has 1 aliphatic heterocycles. The van der Waals surface area contributed by atoms with Gasteiger partial charge < -0.3 is 10.6 Å². The van der Waals surface area contributed by atoms with Crippen LogP contribution in [0.5, 0.6) is 0 Å². The number of hydrogen-bond donors (Lipinski definition) is 1. The van der Waals surface area contributed by atoms with Crippen LogP contribution >= 0.6 is 0 Å². The van der Waals surface area contributed by atoms with Crippen molar-refractivity contribution in [1.29, 1.82) is 0 Å². The number of rotatable bonds is 5. The summed E-state index contributed by atoms with van der Waals surface area (Å²) in [5.74, 6) is -0.259. The molecule has 0 bridgehead atoms. The lowest BCUT2D eigenvalue weighted by molar-refractivity contribution is 0.351. The van der Waals surface area contributed by atoms with Crippen LogP contribution < -0.4 is 10.6 Å². The van der Waals surface area contributed by atoms with Crippen molar-refractivity contribution in [3.63, 3.8) is 0 Å². The Balaban J connectivity index is 1.70. The quantitative estimate of drug-likeness (QED) is 0.567. The molecule has 2 atom stereocenters. The normalized spacial score (nSPS) is 21.0. The highest BCUT2D eigenvalue weighted by atomic mass is 19.1. The van der Waals surface area contributed by atoms with Crippen molar-refractivity contribution < 1.29 is 4.39 Å². The average Bonchev–Trinajstić information content (AvgIpc) is 3.27. The molecule has 4 rings (SSSR count). The molecule has 0 spiro atoms. The highest BCUT2D eigenvalue weighted by Gasteiger charge is 2.45. The molecule has 0 radical (unpaired) electrons. The Labute approximate surface area is 183 Å². The molecule has 1 aliphatic rings. The Bertz CT molecular complexity index is 1150. The number of hydrogen-bond acceptors (Lipinski definition) is 3. The summed E-state index contributed by atoms with van der Waals surface area (Å²) in [7, 11) is 0. The van der Waals surface area contributed by atoms with Crippen molar-refractivity contribution in [2.75, 3.05) is 11.4 Å². The zero-order valence-corrected chi connectivity index (χ0v) is 18.3. The van der Waals surface area contributed by atoms with Gasteiger partial charge in [-0.25, -0.2) is 9.07 Å². The molecule has 160 valence electrons. The molecule has 5 heteroatoms. The van der Waals surface area contributed by atoms with Crippen molar-refractivity contribution in [2.45, 2.75) is 32.9 Å². The number of halogens is 1. The van der Waals surface area contributed by atoms with E-state index in [1.807, 2.05) is 42.1 Å². The molecule has 1 fully saturated rings. The fraction of sp³-hybridized carbons (Fsp3) is 0.269. The number of anilines is 1. The first-order chi connectivity index (χ1) is 14.8. The van der Waals surface area contributed by atoms with Gasteiger partial charge in [0.25, 0.3) is 0 Å². The lowest BCUT2D eigenvalue weighted by atomic mass is 9.84. The molecule has 4 nitrogen and oxygen atoms in total. The lowest BCUT2D eigenvalue weighted by Gasteiger charge is -2.29. The Morgan fingerprint density at radius 2 is 1.87 bits per heavy atom. The van der Waals surface area contributed by atoms with E-state index >= 15 is 0 Å². The van der Waals surface area contributed by atoms with E-state index in [4.69, 9.17) is 5.73 Å². The summed E-state index contributed by atoms with van der Waals surface area (Å²) in [5.41, 5.74) is 10.5. The first-order valence-corrected chi connectivity index (χ1v) is 10.6. The van der Waals surface area contributed by atoms with Gasteiger partial charge in [0.2, 0.25) is 0 Å². The molecule has 2 aromatic carbocycles. The number of nitrogens with zero attached hydrogens (tertiary/aromatic N) is 3. The monoisotopic (exact) mass is 416 g/mol. The van der Waals surface area contributed by atoms with Crippen molar-refractivity contribution >= 4 is 16.6 Å². The summed E-state index contributed by atoms with van der Waals surface area (Å²) >= 11 is 0. The molecule has 2 heterocycles. The predicted molar refractivity (Wildman–Crippen MR) is 127 cm³/mol. The molecule has 3 aromatic rings. The Morgan fingerprint density at radius 3 is 2.58 bits per heavy atom. The van der Waals surface area contributed by atoms with E-state index in [1.54, 1.807) is 12.1 Å². The molecule has 0 saturated carbocycles. The predicted octanol–water partition coefficient (Wildman–Crippen LogP) is 5.40. The van der Waals surface area contributed by atoms with Gasteiger partial charge in [0.1, 0.15) is 5.82 Å². The fourth-order valence-electron chi connectivity index (χ4n) is 4.32. The summed E-state index contributed by atoms with van der Waals surface area (Å²) in [6, 6.07) is 12.6. The molecular weight excluding hydrogens is 387 g/mol. The fourth-order valence-corrected chi connectivity index (χ4v) is 4.32. The zero-order valence-electron chi connectivity index (χ0n) is 18.3. The van der Waals surface area contributed by atoms with Gasteiger partial charge in [-0.3, -0.25) is 0 Å². The van der Waals surface area contributed by atoms with E-state index in [2.05, 4.69) is 48.6 Å². The van der Waals surface area contributed by atoms with E-state index in [9.17, 15) is 4.39 Å². The third-order valence-electron chi connectivity index (χ3n) is 6.10. The maximum absolute atomic E-state index is 13.3. The summed E-state index contributed by atoms with van der Waals surface area (Å²) in [6.45, 7) is 11.6. The van der Waals surface area contributed by atoms with Crippen LogP contribution in [0.25, 0.3) is 16.6 Å². The van der Waals surface area contributed by atoms with E-state index in [0.29, 0.717) is 0 Å². The third-order valence-corrected chi connectivity index (χ3v) is 6.10. The van der Waals surface area contributed by atoms with Crippen molar-refractivity contribution in [3.8, 4) is 5.69 Å². The average molecular weight is 417 g/mol. The van der Waals surface area contributed by atoms with E-state index in [0.717, 1.165) is 34.4 Å². The second-order valence-electron chi connectivity index (χ2n) is 8.82. The van der Waals surface area contributed by atoms with Gasteiger partial charge >= 0.3 is 0 Å². The summed E-state index contributed by atoms with van der Waals surface area (Å²) < 4.78 is 15.1. The standard InChI is InChI=1S/C26H29FN4/c1-5-6-7-8-18(2)24-25(28)26(3,4)17-30(24)22-13-14-23-19(15-22)16-29-31(23)21-11-9-20(27)10-12-21/h5-16,24-25H,2,17,28H2,1,3-4H3/b6-5-,8-7-/t24-,25-/m1/s1. The van der Waals surface area contributed by atoms with Gasteiger partial charge in [0.15, 0.2) is 0 Å². The molecule has 0 aliphatic carbocycles. The van der Waals surface area contributed by atoms with Gasteiger partial charge in [-0.05, 0) is 60.4 Å². The second kappa shape index (κ2) is 8.16. The smallest absolute Gasteiger partial charge is 0.123 e. The summed E-state index contributed by atoms with van der Waals surface area (Å²) in [5, 5.41) is 5.55. The summed E-state index contributed by atoms with van der Waals surface area (Å²) in [4.78, 5) is 2.35. The number of aromatic nitrogens is 2. The van der Waals surface area contributed by atoms with Crippen LogP contribution in [0, 0.1) is 11.2 Å². The van der Waals surface area contributed by atoms with Crippen LogP contribution in [0.2, 0.25) is 0 Å². The Kier molecular flexibility index (Phi) is 5.54.